The molecule has 1 aromatic rings. The summed E-state index contributed by atoms with van der Waals surface area (Å²) < 4.78 is 5.64. The Labute approximate surface area is 91.9 Å². The second-order valence-corrected chi connectivity index (χ2v) is 3.82. The van der Waals surface area contributed by atoms with Crippen LogP contribution < -0.4 is 4.74 Å². The minimum Gasteiger partial charge on any atom is -0.488 e. The SMILES string of the molecule is CCCCc1ccccc1O[C@@H](C)CO. The van der Waals surface area contributed by atoms with Crippen LogP contribution in [0.15, 0.2) is 24.3 Å². The van der Waals surface area contributed by atoms with Crippen molar-refractivity contribution in [3.8, 4) is 5.75 Å². The fraction of sp³-hybridized carbons (Fsp3) is 0.538. The van der Waals surface area contributed by atoms with E-state index in [1.165, 1.54) is 18.4 Å². The molecule has 0 aliphatic carbocycles. The Morgan fingerprint density at radius 1 is 1.33 bits per heavy atom. The zero-order chi connectivity index (χ0) is 11.1. The third kappa shape index (κ3) is 3.92. The minimum atomic E-state index is -0.132. The lowest BCUT2D eigenvalue weighted by Gasteiger charge is -2.15. The van der Waals surface area contributed by atoms with Crippen molar-refractivity contribution in [2.75, 3.05) is 6.61 Å². The smallest absolute Gasteiger partial charge is 0.123 e. The number of unbranched alkanes of at least 4 members (excludes halogenated alkanes) is 1. The molecule has 0 bridgehead atoms. The molecule has 1 aromatic carbocycles. The van der Waals surface area contributed by atoms with E-state index in [1.807, 2.05) is 25.1 Å². The number of aliphatic hydroxyl groups is 1. The Morgan fingerprint density at radius 2 is 2.07 bits per heavy atom. The lowest BCUT2D eigenvalue weighted by molar-refractivity contribution is 0.128. The van der Waals surface area contributed by atoms with Gasteiger partial charge in [0.1, 0.15) is 11.9 Å². The molecule has 84 valence electrons. The number of benzene rings is 1. The van der Waals surface area contributed by atoms with E-state index in [9.17, 15) is 0 Å². The van der Waals surface area contributed by atoms with E-state index < -0.39 is 0 Å². The average Bonchev–Trinajstić information content (AvgIpc) is 2.28. The monoisotopic (exact) mass is 208 g/mol. The van der Waals surface area contributed by atoms with Gasteiger partial charge in [0, 0.05) is 0 Å². The third-order valence-electron chi connectivity index (χ3n) is 2.36. The predicted octanol–water partition coefficient (Wildman–Crippen LogP) is 2.79. The van der Waals surface area contributed by atoms with Gasteiger partial charge in [0.25, 0.3) is 0 Å². The van der Waals surface area contributed by atoms with Crippen LogP contribution in [0.2, 0.25) is 0 Å². The largest absolute Gasteiger partial charge is 0.488 e. The van der Waals surface area contributed by atoms with E-state index in [0.717, 1.165) is 12.2 Å². The number of rotatable bonds is 6. The van der Waals surface area contributed by atoms with Crippen molar-refractivity contribution in [3.05, 3.63) is 29.8 Å². The summed E-state index contributed by atoms with van der Waals surface area (Å²) in [5, 5.41) is 8.94. The first-order valence-corrected chi connectivity index (χ1v) is 5.63. The molecule has 0 fully saturated rings. The summed E-state index contributed by atoms with van der Waals surface area (Å²) in [6.45, 7) is 4.11. The van der Waals surface area contributed by atoms with E-state index in [2.05, 4.69) is 13.0 Å². The van der Waals surface area contributed by atoms with Gasteiger partial charge >= 0.3 is 0 Å². The van der Waals surface area contributed by atoms with Crippen LogP contribution in [0.4, 0.5) is 0 Å². The van der Waals surface area contributed by atoms with Crippen LogP contribution in [0.1, 0.15) is 32.3 Å². The number of hydrogen-bond acceptors (Lipinski definition) is 2. The van der Waals surface area contributed by atoms with Crippen molar-refractivity contribution in [3.63, 3.8) is 0 Å². The summed E-state index contributed by atoms with van der Waals surface area (Å²) in [4.78, 5) is 0. The summed E-state index contributed by atoms with van der Waals surface area (Å²) in [7, 11) is 0. The highest BCUT2D eigenvalue weighted by atomic mass is 16.5. The molecule has 2 heteroatoms. The van der Waals surface area contributed by atoms with Gasteiger partial charge in [0.15, 0.2) is 0 Å². The van der Waals surface area contributed by atoms with Crippen molar-refractivity contribution in [1.29, 1.82) is 0 Å². The second kappa shape index (κ2) is 6.46. The summed E-state index contributed by atoms with van der Waals surface area (Å²) in [5.74, 6) is 0.910. The van der Waals surface area contributed by atoms with Gasteiger partial charge in [-0.25, -0.2) is 0 Å². The lowest BCUT2D eigenvalue weighted by atomic mass is 10.1. The van der Waals surface area contributed by atoms with Crippen molar-refractivity contribution < 1.29 is 9.84 Å². The quantitative estimate of drug-likeness (QED) is 0.779. The topological polar surface area (TPSA) is 29.5 Å². The number of aryl methyl sites for hydroxylation is 1. The molecule has 2 nitrogen and oxygen atoms in total. The van der Waals surface area contributed by atoms with Crippen molar-refractivity contribution in [2.45, 2.75) is 39.2 Å². The molecule has 0 heterocycles. The van der Waals surface area contributed by atoms with Gasteiger partial charge in [0.2, 0.25) is 0 Å². The van der Waals surface area contributed by atoms with Gasteiger partial charge in [-0.15, -0.1) is 0 Å². The van der Waals surface area contributed by atoms with E-state index in [0.29, 0.717) is 0 Å². The Bertz CT molecular complexity index is 284. The van der Waals surface area contributed by atoms with Gasteiger partial charge in [-0.3, -0.25) is 0 Å². The van der Waals surface area contributed by atoms with Crippen molar-refractivity contribution in [2.24, 2.45) is 0 Å². The van der Waals surface area contributed by atoms with Crippen LogP contribution in [0.3, 0.4) is 0 Å². The molecule has 0 amide bonds. The van der Waals surface area contributed by atoms with Crippen LogP contribution >= 0.6 is 0 Å². The third-order valence-corrected chi connectivity index (χ3v) is 2.36. The molecule has 1 N–H and O–H groups in total. The zero-order valence-electron chi connectivity index (χ0n) is 9.57. The minimum absolute atomic E-state index is 0.0577. The molecule has 0 saturated carbocycles. The summed E-state index contributed by atoms with van der Waals surface area (Å²) >= 11 is 0. The highest BCUT2D eigenvalue weighted by Crippen LogP contribution is 2.21. The van der Waals surface area contributed by atoms with Gasteiger partial charge in [-0.05, 0) is 31.4 Å². The Balaban J connectivity index is 2.67. The van der Waals surface area contributed by atoms with Crippen LogP contribution in [0.25, 0.3) is 0 Å². The fourth-order valence-electron chi connectivity index (χ4n) is 1.45. The normalized spacial score (nSPS) is 12.5. The predicted molar refractivity (Wildman–Crippen MR) is 62.2 cm³/mol. The standard InChI is InChI=1S/C13H20O2/c1-3-4-7-12-8-5-6-9-13(12)15-11(2)10-14/h5-6,8-9,11,14H,3-4,7,10H2,1-2H3/t11-/m0/s1. The van der Waals surface area contributed by atoms with Crippen LogP contribution in [0.5, 0.6) is 5.75 Å². The molecule has 0 aliphatic rings. The molecular weight excluding hydrogens is 188 g/mol. The summed E-state index contributed by atoms with van der Waals surface area (Å²) in [5.41, 5.74) is 1.24. The van der Waals surface area contributed by atoms with Gasteiger partial charge < -0.3 is 9.84 Å². The van der Waals surface area contributed by atoms with Crippen LogP contribution in [0, 0.1) is 0 Å². The van der Waals surface area contributed by atoms with Crippen LogP contribution in [-0.4, -0.2) is 17.8 Å². The van der Waals surface area contributed by atoms with Gasteiger partial charge in [0.05, 0.1) is 6.61 Å². The molecule has 0 saturated heterocycles. The Kier molecular flexibility index (Phi) is 5.19. The molecule has 15 heavy (non-hydrogen) atoms. The van der Waals surface area contributed by atoms with E-state index in [-0.39, 0.29) is 12.7 Å². The second-order valence-electron chi connectivity index (χ2n) is 3.82. The van der Waals surface area contributed by atoms with Crippen molar-refractivity contribution >= 4 is 0 Å². The average molecular weight is 208 g/mol. The van der Waals surface area contributed by atoms with Crippen molar-refractivity contribution in [1.82, 2.24) is 0 Å². The molecule has 0 radical (unpaired) electrons. The van der Waals surface area contributed by atoms with Crippen LogP contribution in [-0.2, 0) is 6.42 Å². The highest BCUT2D eigenvalue weighted by molar-refractivity contribution is 5.33. The summed E-state index contributed by atoms with van der Waals surface area (Å²) in [6.07, 6.45) is 3.27. The van der Waals surface area contributed by atoms with E-state index >= 15 is 0 Å². The molecule has 1 atom stereocenters. The van der Waals surface area contributed by atoms with E-state index in [1.54, 1.807) is 0 Å². The van der Waals surface area contributed by atoms with Gasteiger partial charge in [-0.2, -0.15) is 0 Å². The first-order valence-electron chi connectivity index (χ1n) is 5.63. The number of ether oxygens (including phenoxy) is 1. The summed E-state index contributed by atoms with van der Waals surface area (Å²) in [6, 6.07) is 8.06. The molecule has 1 rings (SSSR count). The first kappa shape index (κ1) is 12.1. The number of para-hydroxylation sites is 1. The zero-order valence-corrected chi connectivity index (χ0v) is 9.57. The fourth-order valence-corrected chi connectivity index (χ4v) is 1.45. The maximum absolute atomic E-state index is 8.94. The molecule has 0 unspecified atom stereocenters. The molecular formula is C13H20O2. The number of hydrogen-bond donors (Lipinski definition) is 1. The van der Waals surface area contributed by atoms with Gasteiger partial charge in [-0.1, -0.05) is 31.5 Å². The Hall–Kier alpha value is -1.02. The molecule has 0 spiro atoms. The highest BCUT2D eigenvalue weighted by Gasteiger charge is 2.06. The Morgan fingerprint density at radius 3 is 2.73 bits per heavy atom. The number of aliphatic hydroxyl groups excluding tert-OH is 1. The maximum Gasteiger partial charge on any atom is 0.123 e. The van der Waals surface area contributed by atoms with E-state index in [4.69, 9.17) is 9.84 Å². The maximum atomic E-state index is 8.94. The first-order chi connectivity index (χ1) is 7.27. The molecule has 0 aromatic heterocycles. The lowest BCUT2D eigenvalue weighted by Crippen LogP contribution is -2.17. The molecule has 0 aliphatic heterocycles.